The maximum absolute atomic E-state index is 12.8. The van der Waals surface area contributed by atoms with Gasteiger partial charge in [-0.25, -0.2) is 0 Å². The standard InChI is InChI=1S/C21H16IN3O5/c1-13-6-8-14(9-7-13)23-21(27)18(12-15-10-11-19(30-15)25(28)29)24-20(26)16-4-2-3-5-17(16)22/h2-12H,1H3,(H,23,27)(H,24,26)/b18-12+. The summed E-state index contributed by atoms with van der Waals surface area (Å²) >= 11 is 2.02. The number of hydrogen-bond donors (Lipinski definition) is 2. The number of hydrogen-bond acceptors (Lipinski definition) is 5. The number of aryl methyl sites for hydroxylation is 1. The first-order chi connectivity index (χ1) is 14.3. The fourth-order valence-electron chi connectivity index (χ4n) is 2.49. The van der Waals surface area contributed by atoms with Gasteiger partial charge in [-0.3, -0.25) is 19.7 Å². The van der Waals surface area contributed by atoms with E-state index in [4.69, 9.17) is 4.42 Å². The maximum atomic E-state index is 12.8. The first-order valence-electron chi connectivity index (χ1n) is 8.73. The number of furan rings is 1. The third-order valence-corrected chi connectivity index (χ3v) is 4.94. The van der Waals surface area contributed by atoms with Crippen LogP contribution in [0.4, 0.5) is 11.6 Å². The predicted molar refractivity (Wildman–Crippen MR) is 120 cm³/mol. The van der Waals surface area contributed by atoms with Crippen molar-refractivity contribution in [2.45, 2.75) is 6.92 Å². The lowest BCUT2D eigenvalue weighted by Crippen LogP contribution is -2.31. The Morgan fingerprint density at radius 2 is 1.77 bits per heavy atom. The van der Waals surface area contributed by atoms with E-state index in [0.717, 1.165) is 5.56 Å². The van der Waals surface area contributed by atoms with Crippen LogP contribution in [0.25, 0.3) is 6.08 Å². The monoisotopic (exact) mass is 517 g/mol. The third-order valence-electron chi connectivity index (χ3n) is 4.00. The van der Waals surface area contributed by atoms with Crippen LogP contribution in [0.1, 0.15) is 21.7 Å². The molecule has 2 N–H and O–H groups in total. The predicted octanol–water partition coefficient (Wildman–Crippen LogP) is 4.51. The lowest BCUT2D eigenvalue weighted by molar-refractivity contribution is -0.402. The molecule has 0 aliphatic rings. The number of nitrogens with one attached hydrogen (secondary N) is 2. The summed E-state index contributed by atoms with van der Waals surface area (Å²) in [6.07, 6.45) is 1.24. The van der Waals surface area contributed by atoms with Gasteiger partial charge >= 0.3 is 5.88 Å². The molecule has 0 bridgehead atoms. The smallest absolute Gasteiger partial charge is 0.401 e. The summed E-state index contributed by atoms with van der Waals surface area (Å²) < 4.78 is 5.80. The van der Waals surface area contributed by atoms with Gasteiger partial charge in [0, 0.05) is 15.3 Å². The molecule has 0 spiro atoms. The molecule has 30 heavy (non-hydrogen) atoms. The summed E-state index contributed by atoms with van der Waals surface area (Å²) in [7, 11) is 0. The molecule has 0 saturated heterocycles. The topological polar surface area (TPSA) is 114 Å². The number of amides is 2. The Morgan fingerprint density at radius 1 is 1.07 bits per heavy atom. The van der Waals surface area contributed by atoms with Crippen molar-refractivity contribution < 1.29 is 18.9 Å². The van der Waals surface area contributed by atoms with Crippen LogP contribution in [0.15, 0.2) is 70.8 Å². The van der Waals surface area contributed by atoms with Crippen molar-refractivity contribution in [3.05, 3.63) is 96.9 Å². The van der Waals surface area contributed by atoms with Gasteiger partial charge in [-0.05, 0) is 59.8 Å². The SMILES string of the molecule is Cc1ccc(NC(=O)/C(=C\c2ccc([N+](=O)[O-])o2)NC(=O)c2ccccc2I)cc1. The van der Waals surface area contributed by atoms with Crippen molar-refractivity contribution >= 4 is 52.1 Å². The first-order valence-corrected chi connectivity index (χ1v) is 9.81. The molecule has 0 unspecified atom stereocenters. The zero-order chi connectivity index (χ0) is 21.7. The minimum Gasteiger partial charge on any atom is -0.401 e. The number of nitrogens with zero attached hydrogens (tertiary/aromatic N) is 1. The number of benzene rings is 2. The van der Waals surface area contributed by atoms with E-state index >= 15 is 0 Å². The lowest BCUT2D eigenvalue weighted by atomic mass is 10.2. The van der Waals surface area contributed by atoms with Crippen LogP contribution in [0, 0.1) is 20.6 Å². The van der Waals surface area contributed by atoms with Crippen molar-refractivity contribution in [2.75, 3.05) is 5.32 Å². The van der Waals surface area contributed by atoms with Crippen molar-refractivity contribution in [1.29, 1.82) is 0 Å². The Balaban J connectivity index is 1.90. The Hall–Kier alpha value is -3.47. The van der Waals surface area contributed by atoms with Gasteiger partial charge in [0.05, 0.1) is 11.6 Å². The fourth-order valence-corrected chi connectivity index (χ4v) is 3.12. The van der Waals surface area contributed by atoms with Crippen LogP contribution >= 0.6 is 22.6 Å². The number of carbonyl (C=O) groups is 2. The van der Waals surface area contributed by atoms with Crippen LogP contribution in [-0.4, -0.2) is 16.7 Å². The summed E-state index contributed by atoms with van der Waals surface area (Å²) in [4.78, 5) is 35.7. The van der Waals surface area contributed by atoms with E-state index < -0.39 is 22.6 Å². The minimum absolute atomic E-state index is 0.0545. The number of rotatable bonds is 6. The van der Waals surface area contributed by atoms with E-state index in [1.54, 1.807) is 36.4 Å². The second-order valence-electron chi connectivity index (χ2n) is 6.25. The molecule has 3 rings (SSSR count). The molecule has 9 heteroatoms. The molecule has 2 aromatic carbocycles. The largest absolute Gasteiger partial charge is 0.433 e. The summed E-state index contributed by atoms with van der Waals surface area (Å²) in [5.74, 6) is -1.51. The number of carbonyl (C=O) groups excluding carboxylic acids is 2. The van der Waals surface area contributed by atoms with Crippen LogP contribution in [0.2, 0.25) is 0 Å². The molecule has 0 fully saturated rings. The Kier molecular flexibility index (Phi) is 6.62. The Labute approximate surface area is 185 Å². The highest BCUT2D eigenvalue weighted by Crippen LogP contribution is 2.19. The average molecular weight is 517 g/mol. The molecule has 8 nitrogen and oxygen atoms in total. The molecule has 0 radical (unpaired) electrons. The van der Waals surface area contributed by atoms with Gasteiger partial charge in [0.1, 0.15) is 16.4 Å². The van der Waals surface area contributed by atoms with Gasteiger partial charge < -0.3 is 15.1 Å². The van der Waals surface area contributed by atoms with Gasteiger partial charge in [-0.2, -0.15) is 0 Å². The van der Waals surface area contributed by atoms with E-state index in [2.05, 4.69) is 10.6 Å². The molecule has 152 valence electrons. The van der Waals surface area contributed by atoms with Crippen molar-refractivity contribution in [1.82, 2.24) is 5.32 Å². The molecule has 3 aromatic rings. The molecular weight excluding hydrogens is 501 g/mol. The molecule has 0 atom stereocenters. The zero-order valence-corrected chi connectivity index (χ0v) is 17.9. The highest BCUT2D eigenvalue weighted by atomic mass is 127. The number of nitro groups is 1. The lowest BCUT2D eigenvalue weighted by Gasteiger charge is -2.11. The van der Waals surface area contributed by atoms with Gasteiger partial charge in [0.2, 0.25) is 0 Å². The summed E-state index contributed by atoms with van der Waals surface area (Å²) in [5.41, 5.74) is 1.83. The van der Waals surface area contributed by atoms with Crippen molar-refractivity contribution in [2.24, 2.45) is 0 Å². The average Bonchev–Trinajstić information content (AvgIpc) is 3.18. The van der Waals surface area contributed by atoms with Crippen LogP contribution in [0.3, 0.4) is 0 Å². The molecule has 0 aliphatic carbocycles. The van der Waals surface area contributed by atoms with E-state index in [-0.39, 0.29) is 11.5 Å². The van der Waals surface area contributed by atoms with Crippen molar-refractivity contribution in [3.8, 4) is 0 Å². The van der Waals surface area contributed by atoms with Gasteiger partial charge in [0.15, 0.2) is 0 Å². The second kappa shape index (κ2) is 9.35. The van der Waals surface area contributed by atoms with Crippen LogP contribution < -0.4 is 10.6 Å². The summed E-state index contributed by atoms with van der Waals surface area (Å²) in [6.45, 7) is 1.92. The zero-order valence-electron chi connectivity index (χ0n) is 15.7. The first kappa shape index (κ1) is 21.2. The van der Waals surface area contributed by atoms with Crippen LogP contribution in [-0.2, 0) is 4.79 Å². The van der Waals surface area contributed by atoms with Gasteiger partial charge in [0.25, 0.3) is 11.8 Å². The van der Waals surface area contributed by atoms with E-state index in [9.17, 15) is 19.7 Å². The minimum atomic E-state index is -0.686. The third kappa shape index (κ3) is 5.32. The Bertz CT molecular complexity index is 1140. The maximum Gasteiger partial charge on any atom is 0.433 e. The van der Waals surface area contributed by atoms with Gasteiger partial charge in [-0.1, -0.05) is 29.8 Å². The quantitative estimate of drug-likeness (QED) is 0.216. The molecular formula is C21H16IN3O5. The molecule has 1 aromatic heterocycles. The van der Waals surface area contributed by atoms with Crippen LogP contribution in [0.5, 0.6) is 0 Å². The fraction of sp³-hybridized carbons (Fsp3) is 0.0476. The normalized spacial score (nSPS) is 11.1. The Morgan fingerprint density at radius 3 is 2.40 bits per heavy atom. The number of halogens is 1. The van der Waals surface area contributed by atoms with E-state index in [1.807, 2.05) is 41.6 Å². The summed E-state index contributed by atoms with van der Waals surface area (Å²) in [5, 5.41) is 16.1. The highest BCUT2D eigenvalue weighted by molar-refractivity contribution is 14.1. The molecule has 2 amide bonds. The summed E-state index contributed by atoms with van der Waals surface area (Å²) in [6, 6.07) is 16.5. The molecule has 1 heterocycles. The number of anilines is 1. The second-order valence-corrected chi connectivity index (χ2v) is 7.41. The highest BCUT2D eigenvalue weighted by Gasteiger charge is 2.18. The van der Waals surface area contributed by atoms with Crippen molar-refractivity contribution in [3.63, 3.8) is 0 Å². The van der Waals surface area contributed by atoms with E-state index in [0.29, 0.717) is 14.8 Å². The van der Waals surface area contributed by atoms with Gasteiger partial charge in [-0.15, -0.1) is 0 Å². The molecule has 0 saturated carbocycles. The molecule has 0 aliphatic heterocycles. The van der Waals surface area contributed by atoms with E-state index in [1.165, 1.54) is 18.2 Å².